The average Bonchev–Trinajstić information content (AvgIpc) is 2.26. The Morgan fingerprint density at radius 2 is 2.20 bits per heavy atom. The van der Waals surface area contributed by atoms with E-state index in [1.54, 1.807) is 0 Å². The van der Waals surface area contributed by atoms with Crippen LogP contribution >= 0.6 is 0 Å². The van der Waals surface area contributed by atoms with Gasteiger partial charge in [0.2, 0.25) is 0 Å². The van der Waals surface area contributed by atoms with Crippen molar-refractivity contribution in [2.75, 3.05) is 11.9 Å². The molecule has 0 saturated heterocycles. The summed E-state index contributed by atoms with van der Waals surface area (Å²) >= 11 is 0. The SMILES string of the molecule is CCc1cccc(NC(C)CCCO)c1. The molecule has 0 bridgehead atoms. The van der Waals surface area contributed by atoms with E-state index in [2.05, 4.69) is 43.4 Å². The monoisotopic (exact) mass is 207 g/mol. The third-order valence-corrected chi connectivity index (χ3v) is 2.54. The number of nitrogens with one attached hydrogen (secondary N) is 1. The normalized spacial score (nSPS) is 12.5. The lowest BCUT2D eigenvalue weighted by atomic mass is 10.1. The molecule has 0 amide bonds. The zero-order valence-corrected chi connectivity index (χ0v) is 9.66. The van der Waals surface area contributed by atoms with Crippen molar-refractivity contribution in [1.82, 2.24) is 0 Å². The predicted molar refractivity (Wildman–Crippen MR) is 65.2 cm³/mol. The van der Waals surface area contributed by atoms with E-state index in [9.17, 15) is 0 Å². The van der Waals surface area contributed by atoms with Crippen LogP contribution in [-0.4, -0.2) is 17.8 Å². The van der Waals surface area contributed by atoms with E-state index in [-0.39, 0.29) is 6.61 Å². The van der Waals surface area contributed by atoms with Crippen LogP contribution in [0.1, 0.15) is 32.3 Å². The first-order valence-corrected chi connectivity index (χ1v) is 5.72. The molecule has 1 aromatic rings. The molecule has 0 radical (unpaired) electrons. The fraction of sp³-hybridized carbons (Fsp3) is 0.538. The summed E-state index contributed by atoms with van der Waals surface area (Å²) in [6.45, 7) is 4.59. The topological polar surface area (TPSA) is 32.3 Å². The second kappa shape index (κ2) is 6.46. The number of aliphatic hydroxyl groups excluding tert-OH is 1. The number of anilines is 1. The molecule has 0 aromatic heterocycles. The first-order valence-electron chi connectivity index (χ1n) is 5.72. The number of hydrogen-bond donors (Lipinski definition) is 2. The van der Waals surface area contributed by atoms with Crippen LogP contribution in [0.3, 0.4) is 0 Å². The maximum atomic E-state index is 8.74. The highest BCUT2D eigenvalue weighted by Gasteiger charge is 2.01. The molecule has 1 unspecified atom stereocenters. The summed E-state index contributed by atoms with van der Waals surface area (Å²) in [7, 11) is 0. The first-order chi connectivity index (χ1) is 7.26. The molecule has 1 atom stereocenters. The van der Waals surface area contributed by atoms with Crippen molar-refractivity contribution in [2.45, 2.75) is 39.2 Å². The van der Waals surface area contributed by atoms with Crippen molar-refractivity contribution in [3.63, 3.8) is 0 Å². The molecule has 1 rings (SSSR count). The standard InChI is InChI=1S/C13H21NO/c1-3-12-7-4-8-13(10-12)14-11(2)6-5-9-15/h4,7-8,10-11,14-15H,3,5-6,9H2,1-2H3. The molecule has 0 aliphatic heterocycles. The van der Waals surface area contributed by atoms with Gasteiger partial charge in [-0.05, 0) is 43.9 Å². The van der Waals surface area contributed by atoms with E-state index in [0.29, 0.717) is 6.04 Å². The Kier molecular flexibility index (Phi) is 5.19. The minimum atomic E-state index is 0.279. The molecule has 84 valence electrons. The molecule has 0 aliphatic rings. The van der Waals surface area contributed by atoms with Gasteiger partial charge in [-0.25, -0.2) is 0 Å². The molecule has 2 heteroatoms. The number of aryl methyl sites for hydroxylation is 1. The summed E-state index contributed by atoms with van der Waals surface area (Å²) in [6, 6.07) is 8.93. The van der Waals surface area contributed by atoms with E-state index < -0.39 is 0 Å². The Bertz CT molecular complexity index is 286. The maximum Gasteiger partial charge on any atom is 0.0431 e. The molecule has 0 aliphatic carbocycles. The zero-order valence-electron chi connectivity index (χ0n) is 9.66. The third-order valence-electron chi connectivity index (χ3n) is 2.54. The second-order valence-corrected chi connectivity index (χ2v) is 3.97. The number of hydrogen-bond acceptors (Lipinski definition) is 2. The van der Waals surface area contributed by atoms with Crippen molar-refractivity contribution >= 4 is 5.69 Å². The summed E-state index contributed by atoms with van der Waals surface area (Å²) in [5.74, 6) is 0. The second-order valence-electron chi connectivity index (χ2n) is 3.97. The lowest BCUT2D eigenvalue weighted by Gasteiger charge is -2.15. The number of benzene rings is 1. The van der Waals surface area contributed by atoms with Gasteiger partial charge in [-0.3, -0.25) is 0 Å². The Morgan fingerprint density at radius 3 is 2.87 bits per heavy atom. The molecular weight excluding hydrogens is 186 g/mol. The zero-order chi connectivity index (χ0) is 11.1. The summed E-state index contributed by atoms with van der Waals surface area (Å²) in [5, 5.41) is 12.2. The summed E-state index contributed by atoms with van der Waals surface area (Å²) < 4.78 is 0. The van der Waals surface area contributed by atoms with E-state index in [0.717, 1.165) is 19.3 Å². The van der Waals surface area contributed by atoms with Crippen molar-refractivity contribution in [2.24, 2.45) is 0 Å². The molecule has 0 saturated carbocycles. The summed E-state index contributed by atoms with van der Waals surface area (Å²) in [4.78, 5) is 0. The van der Waals surface area contributed by atoms with Crippen LogP contribution in [0.2, 0.25) is 0 Å². The van der Waals surface area contributed by atoms with Gasteiger partial charge in [0.1, 0.15) is 0 Å². The minimum Gasteiger partial charge on any atom is -0.396 e. The highest BCUT2D eigenvalue weighted by Crippen LogP contribution is 2.13. The Labute approximate surface area is 92.3 Å². The van der Waals surface area contributed by atoms with Crippen LogP contribution in [0.15, 0.2) is 24.3 Å². The van der Waals surface area contributed by atoms with Gasteiger partial charge < -0.3 is 10.4 Å². The van der Waals surface area contributed by atoms with Crippen molar-refractivity contribution in [3.05, 3.63) is 29.8 Å². The van der Waals surface area contributed by atoms with Gasteiger partial charge in [-0.1, -0.05) is 19.1 Å². The van der Waals surface area contributed by atoms with Gasteiger partial charge in [0.05, 0.1) is 0 Å². The molecule has 2 N–H and O–H groups in total. The quantitative estimate of drug-likeness (QED) is 0.751. The average molecular weight is 207 g/mol. The van der Waals surface area contributed by atoms with Crippen LogP contribution in [0, 0.1) is 0 Å². The van der Waals surface area contributed by atoms with E-state index in [1.165, 1.54) is 11.3 Å². The fourth-order valence-corrected chi connectivity index (χ4v) is 1.64. The molecular formula is C13H21NO. The van der Waals surface area contributed by atoms with E-state index in [1.807, 2.05) is 0 Å². The van der Waals surface area contributed by atoms with Gasteiger partial charge in [-0.2, -0.15) is 0 Å². The summed E-state index contributed by atoms with van der Waals surface area (Å²) in [6.07, 6.45) is 2.94. The lowest BCUT2D eigenvalue weighted by molar-refractivity contribution is 0.282. The minimum absolute atomic E-state index is 0.279. The number of rotatable bonds is 6. The van der Waals surface area contributed by atoms with Crippen molar-refractivity contribution in [1.29, 1.82) is 0 Å². The van der Waals surface area contributed by atoms with Crippen molar-refractivity contribution < 1.29 is 5.11 Å². The van der Waals surface area contributed by atoms with Crippen LogP contribution in [0.25, 0.3) is 0 Å². The van der Waals surface area contributed by atoms with Crippen LogP contribution < -0.4 is 5.32 Å². The molecule has 2 nitrogen and oxygen atoms in total. The van der Waals surface area contributed by atoms with Crippen LogP contribution in [0.4, 0.5) is 5.69 Å². The molecule has 1 aromatic carbocycles. The van der Waals surface area contributed by atoms with Crippen LogP contribution in [0.5, 0.6) is 0 Å². The Morgan fingerprint density at radius 1 is 1.40 bits per heavy atom. The smallest absolute Gasteiger partial charge is 0.0431 e. The van der Waals surface area contributed by atoms with Crippen LogP contribution in [-0.2, 0) is 6.42 Å². The highest BCUT2D eigenvalue weighted by molar-refractivity contribution is 5.46. The summed E-state index contributed by atoms with van der Waals surface area (Å²) in [5.41, 5.74) is 2.54. The van der Waals surface area contributed by atoms with Gasteiger partial charge in [0, 0.05) is 18.3 Å². The first kappa shape index (κ1) is 12.1. The highest BCUT2D eigenvalue weighted by atomic mass is 16.2. The lowest BCUT2D eigenvalue weighted by Crippen LogP contribution is -2.15. The predicted octanol–water partition coefficient (Wildman–Crippen LogP) is 2.82. The van der Waals surface area contributed by atoms with Gasteiger partial charge in [0.15, 0.2) is 0 Å². The van der Waals surface area contributed by atoms with Gasteiger partial charge >= 0.3 is 0 Å². The Balaban J connectivity index is 2.48. The molecule has 15 heavy (non-hydrogen) atoms. The van der Waals surface area contributed by atoms with Crippen molar-refractivity contribution in [3.8, 4) is 0 Å². The van der Waals surface area contributed by atoms with E-state index in [4.69, 9.17) is 5.11 Å². The molecule has 0 spiro atoms. The van der Waals surface area contributed by atoms with E-state index >= 15 is 0 Å². The molecule has 0 heterocycles. The third kappa shape index (κ3) is 4.34. The number of aliphatic hydroxyl groups is 1. The van der Waals surface area contributed by atoms with Gasteiger partial charge in [-0.15, -0.1) is 0 Å². The maximum absolute atomic E-state index is 8.74. The largest absolute Gasteiger partial charge is 0.396 e. The molecule has 0 fully saturated rings. The fourth-order valence-electron chi connectivity index (χ4n) is 1.64. The Hall–Kier alpha value is -1.02. The van der Waals surface area contributed by atoms with Gasteiger partial charge in [0.25, 0.3) is 0 Å².